The summed E-state index contributed by atoms with van der Waals surface area (Å²) in [6.07, 6.45) is 4.76. The summed E-state index contributed by atoms with van der Waals surface area (Å²) in [5, 5.41) is 22.3. The molecule has 1 saturated carbocycles. The molecule has 0 bridgehead atoms. The molecule has 0 spiro atoms. The first-order valence-electron chi connectivity index (χ1n) is 20.8. The van der Waals surface area contributed by atoms with Crippen LogP contribution in [0.4, 0.5) is 0 Å². The lowest BCUT2D eigenvalue weighted by atomic mass is 9.87. The van der Waals surface area contributed by atoms with E-state index in [4.69, 9.17) is 43.6 Å². The molecule has 4 N–H and O–H groups in total. The minimum Gasteiger partial charge on any atom is -0.392 e. The van der Waals surface area contributed by atoms with Crippen LogP contribution >= 0.6 is 0 Å². The molecule has 1 aliphatic carbocycles. The second-order valence-electron chi connectivity index (χ2n) is 17.8. The van der Waals surface area contributed by atoms with Crippen molar-refractivity contribution in [1.82, 2.24) is 0 Å². The first-order chi connectivity index (χ1) is 25.8. The number of ketones is 1. The van der Waals surface area contributed by atoms with E-state index in [9.17, 15) is 15.0 Å². The summed E-state index contributed by atoms with van der Waals surface area (Å²) < 4.78 is 50.7. The molecule has 12 nitrogen and oxygen atoms in total. The van der Waals surface area contributed by atoms with Crippen molar-refractivity contribution in [3.05, 3.63) is 24.3 Å². The number of ether oxygens (including phenoxy) is 8. The standard InChI is InChI=1S/C42H67NO11/c1-21-14-28(49-24(4)23(21)3)8-10-32-22(2)15-30(51-32)12-13-42(46)19-35(47-6)36-37-40(36)53-33-11-9-29(52-39(33)41(37)54-42)16-26(44)17-31-25(5)50-34(38(31)48-7)18-27(45)20-43/h21,24-25,27-41,45-46H,2-3,8-20,43H2,1,4-7H3/t21-,24-,25+,27+,28+,29-,30+,31+,32+,33+,34-,35-,36?,37?,38-,39+,40+,41-,42+/m1/s1. The first-order valence-corrected chi connectivity index (χ1v) is 20.8. The molecule has 0 amide bonds. The Balaban J connectivity index is 0.937. The van der Waals surface area contributed by atoms with Crippen LogP contribution in [0.1, 0.15) is 97.8 Å². The fourth-order valence-electron chi connectivity index (χ4n) is 10.9. The largest absolute Gasteiger partial charge is 0.392 e. The third kappa shape index (κ3) is 8.60. The Hall–Kier alpha value is -1.29. The second kappa shape index (κ2) is 16.9. The SMILES string of the molecule is C=C1C[C@H](CC[C@@]2(O)C[C@@H](OC)C3C4[C@H]3O[C@H]3CC[C@H](CC(=O)C[C@@H]5[C@@H](OC)[C@@H](C[C@H](O)CN)O[C@H]5C)O[C@@H]3[C@@H]4O2)O[C@H]1CC[C@H]1C[C@@H](C)C(=C)[C@@H](C)O1. The van der Waals surface area contributed by atoms with Gasteiger partial charge in [-0.25, -0.2) is 0 Å². The summed E-state index contributed by atoms with van der Waals surface area (Å²) >= 11 is 0. The minimum absolute atomic E-state index is 0.0130. The van der Waals surface area contributed by atoms with Crippen molar-refractivity contribution in [2.75, 3.05) is 20.8 Å². The zero-order chi connectivity index (χ0) is 38.5. The van der Waals surface area contributed by atoms with Crippen molar-refractivity contribution < 1.29 is 52.9 Å². The van der Waals surface area contributed by atoms with Gasteiger partial charge < -0.3 is 53.8 Å². The van der Waals surface area contributed by atoms with E-state index in [0.29, 0.717) is 44.4 Å². The maximum atomic E-state index is 13.6. The fraction of sp³-hybridized carbons (Fsp3) is 0.881. The molecular weight excluding hydrogens is 694 g/mol. The number of methoxy groups -OCH3 is 2. The van der Waals surface area contributed by atoms with Crippen LogP contribution < -0.4 is 5.73 Å². The Bertz CT molecular complexity index is 1330. The Morgan fingerprint density at radius 1 is 0.926 bits per heavy atom. The lowest BCUT2D eigenvalue weighted by molar-refractivity contribution is -0.301. The molecular formula is C42H67NO11. The van der Waals surface area contributed by atoms with Crippen molar-refractivity contribution in [2.45, 2.75) is 189 Å². The van der Waals surface area contributed by atoms with Crippen molar-refractivity contribution in [2.24, 2.45) is 29.4 Å². The Kier molecular flexibility index (Phi) is 12.8. The Labute approximate surface area is 321 Å². The average molecular weight is 762 g/mol. The zero-order valence-electron chi connectivity index (χ0n) is 33.1. The smallest absolute Gasteiger partial charge is 0.168 e. The maximum Gasteiger partial charge on any atom is 0.168 e. The van der Waals surface area contributed by atoms with Crippen LogP contribution in [0.3, 0.4) is 0 Å². The molecule has 2 unspecified atom stereocenters. The lowest BCUT2D eigenvalue weighted by Gasteiger charge is -2.45. The van der Waals surface area contributed by atoms with E-state index in [-0.39, 0.29) is 116 Å². The monoisotopic (exact) mass is 761 g/mol. The normalized spacial score (nSPS) is 47.9. The fourth-order valence-corrected chi connectivity index (χ4v) is 10.9. The van der Waals surface area contributed by atoms with Gasteiger partial charge in [-0.15, -0.1) is 0 Å². The van der Waals surface area contributed by atoms with Crippen LogP contribution in [0.2, 0.25) is 0 Å². The second-order valence-corrected chi connectivity index (χ2v) is 17.8. The van der Waals surface area contributed by atoms with Crippen LogP contribution in [0, 0.1) is 23.7 Å². The molecule has 0 aromatic rings. The first kappa shape index (κ1) is 40.9. The van der Waals surface area contributed by atoms with E-state index in [1.165, 1.54) is 5.57 Å². The van der Waals surface area contributed by atoms with Crippen molar-refractivity contribution in [3.63, 3.8) is 0 Å². The molecule has 0 radical (unpaired) electrons. The van der Waals surface area contributed by atoms with Crippen LogP contribution in [0.25, 0.3) is 0 Å². The summed E-state index contributed by atoms with van der Waals surface area (Å²) in [5.41, 5.74) is 7.92. The molecule has 7 fully saturated rings. The molecule has 19 atom stereocenters. The molecule has 12 heteroatoms. The predicted octanol–water partition coefficient (Wildman–Crippen LogP) is 4.16. The highest BCUT2D eigenvalue weighted by Crippen LogP contribution is 2.59. The number of Topliss-reactive ketones (excluding diaryl/α,β-unsaturated/α-hetero) is 1. The van der Waals surface area contributed by atoms with Gasteiger partial charge in [0.25, 0.3) is 0 Å². The average Bonchev–Trinajstić information content (AvgIpc) is 3.67. The van der Waals surface area contributed by atoms with Gasteiger partial charge in [0.15, 0.2) is 5.79 Å². The van der Waals surface area contributed by atoms with Gasteiger partial charge in [-0.05, 0) is 75.9 Å². The van der Waals surface area contributed by atoms with E-state index >= 15 is 0 Å². The molecule has 0 aromatic carbocycles. The highest BCUT2D eigenvalue weighted by molar-refractivity contribution is 5.79. The van der Waals surface area contributed by atoms with Crippen molar-refractivity contribution in [3.8, 4) is 0 Å². The predicted molar refractivity (Wildman–Crippen MR) is 199 cm³/mol. The number of hydrogen-bond acceptors (Lipinski definition) is 12. The van der Waals surface area contributed by atoms with Gasteiger partial charge in [-0.3, -0.25) is 4.79 Å². The van der Waals surface area contributed by atoms with E-state index in [1.54, 1.807) is 14.2 Å². The maximum absolute atomic E-state index is 13.6. The number of hydrogen-bond donors (Lipinski definition) is 3. The summed E-state index contributed by atoms with van der Waals surface area (Å²) in [6, 6.07) is 0. The molecule has 6 saturated heterocycles. The minimum atomic E-state index is -1.41. The molecule has 7 rings (SSSR count). The van der Waals surface area contributed by atoms with Gasteiger partial charge in [0.2, 0.25) is 0 Å². The van der Waals surface area contributed by atoms with Crippen LogP contribution in [-0.2, 0) is 42.7 Å². The number of carbonyl (C=O) groups excluding carboxylic acids is 1. The van der Waals surface area contributed by atoms with Gasteiger partial charge in [-0.1, -0.05) is 20.1 Å². The van der Waals surface area contributed by atoms with Crippen molar-refractivity contribution in [1.29, 1.82) is 0 Å². The molecule has 7 aliphatic rings. The Morgan fingerprint density at radius 3 is 2.44 bits per heavy atom. The molecule has 54 heavy (non-hydrogen) atoms. The van der Waals surface area contributed by atoms with E-state index in [2.05, 4.69) is 27.0 Å². The Morgan fingerprint density at radius 2 is 1.72 bits per heavy atom. The summed E-state index contributed by atoms with van der Waals surface area (Å²) in [7, 11) is 3.33. The van der Waals surface area contributed by atoms with E-state index in [1.807, 2.05) is 6.92 Å². The number of nitrogens with two attached hydrogens (primary N) is 1. The topological polar surface area (TPSA) is 157 Å². The number of fused-ring (bicyclic) bond motifs is 3. The number of rotatable bonds is 15. The van der Waals surface area contributed by atoms with Gasteiger partial charge >= 0.3 is 0 Å². The lowest BCUT2D eigenvalue weighted by Crippen LogP contribution is -2.56. The number of aliphatic hydroxyl groups excluding tert-OH is 1. The number of carbonyl (C=O) groups is 1. The van der Waals surface area contributed by atoms with Crippen molar-refractivity contribution >= 4 is 5.78 Å². The molecule has 6 aliphatic heterocycles. The van der Waals surface area contributed by atoms with Gasteiger partial charge in [-0.2, -0.15) is 0 Å². The highest BCUT2D eigenvalue weighted by atomic mass is 16.7. The molecule has 306 valence electrons. The third-order valence-corrected chi connectivity index (χ3v) is 14.0. The zero-order valence-corrected chi connectivity index (χ0v) is 33.1. The quantitative estimate of drug-likeness (QED) is 0.205. The van der Waals surface area contributed by atoms with Crippen LogP contribution in [0.15, 0.2) is 24.3 Å². The van der Waals surface area contributed by atoms with Gasteiger partial charge in [0.1, 0.15) is 11.9 Å². The molecule has 6 heterocycles. The highest BCUT2D eigenvalue weighted by Gasteiger charge is 2.70. The van der Waals surface area contributed by atoms with Crippen LogP contribution in [0.5, 0.6) is 0 Å². The summed E-state index contributed by atoms with van der Waals surface area (Å²) in [4.78, 5) is 13.6. The number of aliphatic hydroxyl groups is 2. The van der Waals surface area contributed by atoms with Gasteiger partial charge in [0, 0.05) is 70.6 Å². The molecule has 0 aromatic heterocycles. The van der Waals surface area contributed by atoms with E-state index < -0.39 is 11.9 Å². The van der Waals surface area contributed by atoms with Gasteiger partial charge in [0.05, 0.1) is 79.4 Å². The van der Waals surface area contributed by atoms with Crippen LogP contribution in [-0.4, -0.2) is 128 Å². The third-order valence-electron chi connectivity index (χ3n) is 14.0. The summed E-state index contributed by atoms with van der Waals surface area (Å²) in [5.74, 6) is -0.793. The summed E-state index contributed by atoms with van der Waals surface area (Å²) in [6.45, 7) is 15.0. The van der Waals surface area contributed by atoms with E-state index in [0.717, 1.165) is 37.7 Å².